The fraction of sp³-hybridized carbons (Fsp3) is 0.200. The van der Waals surface area contributed by atoms with Crippen LogP contribution in [0.25, 0.3) is 10.9 Å². The van der Waals surface area contributed by atoms with Crippen LogP contribution in [0, 0.1) is 17.5 Å². The zero-order valence-corrected chi connectivity index (χ0v) is 14.7. The number of benzene rings is 2. The van der Waals surface area contributed by atoms with Gasteiger partial charge in [0.25, 0.3) is 0 Å². The summed E-state index contributed by atoms with van der Waals surface area (Å²) in [5.74, 6) is -6.54. The molecule has 1 aliphatic heterocycles. The average Bonchev–Trinajstić information content (AvgIpc) is 3.04. The molecule has 0 N–H and O–H groups in total. The molecule has 28 heavy (non-hydrogen) atoms. The predicted molar refractivity (Wildman–Crippen MR) is 93.8 cm³/mol. The van der Waals surface area contributed by atoms with Gasteiger partial charge in [0.1, 0.15) is 11.1 Å². The van der Waals surface area contributed by atoms with E-state index in [1.807, 2.05) is 6.07 Å². The van der Waals surface area contributed by atoms with E-state index in [2.05, 4.69) is 0 Å². The summed E-state index contributed by atoms with van der Waals surface area (Å²) < 4.78 is 54.5. The largest absolute Gasteiger partial charge is 0.464 e. The molecule has 1 atom stereocenters. The number of halogens is 3. The molecule has 4 rings (SSSR count). The molecule has 0 aliphatic carbocycles. The number of ether oxygens (including phenoxy) is 2. The van der Waals surface area contributed by atoms with Gasteiger partial charge >= 0.3 is 5.97 Å². The number of hydrogen-bond donors (Lipinski definition) is 0. The molecule has 144 valence electrons. The Morgan fingerprint density at radius 2 is 1.86 bits per heavy atom. The molecular formula is C20H14F3NO4. The first-order valence-corrected chi connectivity index (χ1v) is 8.57. The fourth-order valence-corrected chi connectivity index (χ4v) is 3.32. The Hall–Kier alpha value is -3.29. The summed E-state index contributed by atoms with van der Waals surface area (Å²) in [4.78, 5) is 24.8. The van der Waals surface area contributed by atoms with E-state index in [1.165, 1.54) is 4.57 Å². The molecule has 2 aromatic carbocycles. The zero-order valence-electron chi connectivity index (χ0n) is 14.7. The number of carbonyl (C=O) groups is 1. The van der Waals surface area contributed by atoms with Crippen LogP contribution in [0.3, 0.4) is 0 Å². The van der Waals surface area contributed by atoms with E-state index in [0.717, 1.165) is 11.8 Å². The first kappa shape index (κ1) is 18.1. The summed E-state index contributed by atoms with van der Waals surface area (Å²) in [5.41, 5.74) is -0.971. The van der Waals surface area contributed by atoms with Gasteiger partial charge < -0.3 is 14.0 Å². The summed E-state index contributed by atoms with van der Waals surface area (Å²) >= 11 is 0. The first-order chi connectivity index (χ1) is 13.4. The number of hydrogen-bond acceptors (Lipinski definition) is 4. The lowest BCUT2D eigenvalue weighted by Gasteiger charge is -2.15. The van der Waals surface area contributed by atoms with Gasteiger partial charge in [0.2, 0.25) is 11.2 Å². The molecule has 2 heterocycles. The van der Waals surface area contributed by atoms with Crippen molar-refractivity contribution in [3.05, 3.63) is 75.3 Å². The number of rotatable bonds is 4. The van der Waals surface area contributed by atoms with E-state index in [1.54, 1.807) is 31.2 Å². The molecule has 3 aromatic rings. The van der Waals surface area contributed by atoms with Crippen molar-refractivity contribution < 1.29 is 27.4 Å². The van der Waals surface area contributed by atoms with Crippen LogP contribution in [0.15, 0.2) is 41.3 Å². The number of esters is 1. The molecular weight excluding hydrogens is 375 g/mol. The van der Waals surface area contributed by atoms with Gasteiger partial charge in [-0.2, -0.15) is 4.39 Å². The molecule has 0 fully saturated rings. The summed E-state index contributed by atoms with van der Waals surface area (Å²) in [6, 6.07) is 9.01. The Morgan fingerprint density at radius 1 is 1.14 bits per heavy atom. The predicted octanol–water partition coefficient (Wildman–Crippen LogP) is 3.73. The van der Waals surface area contributed by atoms with Crippen molar-refractivity contribution >= 4 is 16.9 Å². The lowest BCUT2D eigenvalue weighted by molar-refractivity contribution is 0.0523. The molecule has 5 nitrogen and oxygen atoms in total. The molecule has 0 saturated carbocycles. The number of aromatic nitrogens is 1. The van der Waals surface area contributed by atoms with Gasteiger partial charge in [-0.1, -0.05) is 30.3 Å². The highest BCUT2D eigenvalue weighted by Gasteiger charge is 2.35. The molecule has 8 heteroatoms. The van der Waals surface area contributed by atoms with Gasteiger partial charge in [-0.05, 0) is 12.5 Å². The van der Waals surface area contributed by atoms with Crippen molar-refractivity contribution in [2.75, 3.05) is 6.61 Å². The van der Waals surface area contributed by atoms with Crippen molar-refractivity contribution in [3.63, 3.8) is 0 Å². The third kappa shape index (κ3) is 2.64. The van der Waals surface area contributed by atoms with Crippen molar-refractivity contribution in [2.45, 2.75) is 19.6 Å². The standard InChI is InChI=1S/C20H14F3NO4/c1-2-27-20(26)11-9-24-12(8-10-6-4-3-5-7-10)28-19-16(23)15(22)14(21)13(17(19)24)18(11)25/h3-7,9,12H,2,8H2,1H3. The monoisotopic (exact) mass is 389 g/mol. The third-order valence-corrected chi connectivity index (χ3v) is 4.57. The maximum Gasteiger partial charge on any atom is 0.343 e. The summed E-state index contributed by atoms with van der Waals surface area (Å²) in [7, 11) is 0. The Kier molecular flexibility index (Phi) is 4.33. The smallest absolute Gasteiger partial charge is 0.343 e. The summed E-state index contributed by atoms with van der Waals surface area (Å²) in [6.45, 7) is 1.54. The molecule has 0 spiro atoms. The number of carbonyl (C=O) groups excluding carboxylic acids is 1. The van der Waals surface area contributed by atoms with Crippen LogP contribution in [0.2, 0.25) is 0 Å². The maximum absolute atomic E-state index is 14.5. The number of pyridine rings is 1. The minimum Gasteiger partial charge on any atom is -0.464 e. The minimum atomic E-state index is -1.83. The van der Waals surface area contributed by atoms with Gasteiger partial charge in [-0.15, -0.1) is 0 Å². The molecule has 0 saturated heterocycles. The lowest BCUT2D eigenvalue weighted by Crippen LogP contribution is -2.23. The van der Waals surface area contributed by atoms with Crippen LogP contribution < -0.4 is 10.2 Å². The van der Waals surface area contributed by atoms with E-state index in [4.69, 9.17) is 9.47 Å². The fourth-order valence-electron chi connectivity index (χ4n) is 3.32. The highest BCUT2D eigenvalue weighted by Crippen LogP contribution is 2.41. The Bertz CT molecular complexity index is 1160. The topological polar surface area (TPSA) is 57.5 Å². The van der Waals surface area contributed by atoms with Gasteiger partial charge in [-0.3, -0.25) is 4.79 Å². The third-order valence-electron chi connectivity index (χ3n) is 4.57. The molecule has 0 radical (unpaired) electrons. The number of nitrogens with zero attached hydrogens (tertiary/aromatic N) is 1. The lowest BCUT2D eigenvalue weighted by atomic mass is 10.1. The molecule has 0 bridgehead atoms. The van der Waals surface area contributed by atoms with E-state index >= 15 is 0 Å². The zero-order chi connectivity index (χ0) is 20.0. The molecule has 1 aliphatic rings. The SMILES string of the molecule is CCOC(=O)c1cn2c3c(c(F)c(F)c(F)c3c1=O)OC2Cc1ccccc1. The summed E-state index contributed by atoms with van der Waals surface area (Å²) in [5, 5.41) is -0.741. The van der Waals surface area contributed by atoms with Crippen LogP contribution in [-0.2, 0) is 11.2 Å². The van der Waals surface area contributed by atoms with Crippen LogP contribution >= 0.6 is 0 Å². The highest BCUT2D eigenvalue weighted by molar-refractivity contribution is 5.96. The van der Waals surface area contributed by atoms with Crippen molar-refractivity contribution in [1.82, 2.24) is 4.57 Å². The van der Waals surface area contributed by atoms with Crippen LogP contribution in [-0.4, -0.2) is 17.1 Å². The van der Waals surface area contributed by atoms with Gasteiger partial charge in [-0.25, -0.2) is 13.6 Å². The average molecular weight is 389 g/mol. The molecule has 0 amide bonds. The first-order valence-electron chi connectivity index (χ1n) is 8.57. The van der Waals surface area contributed by atoms with Crippen molar-refractivity contribution in [2.24, 2.45) is 0 Å². The second kappa shape index (κ2) is 6.70. The second-order valence-corrected chi connectivity index (χ2v) is 6.26. The summed E-state index contributed by atoms with van der Waals surface area (Å²) in [6.07, 6.45) is 0.464. The van der Waals surface area contributed by atoms with Crippen LogP contribution in [0.1, 0.15) is 29.1 Å². The van der Waals surface area contributed by atoms with Crippen molar-refractivity contribution in [1.29, 1.82) is 0 Å². The van der Waals surface area contributed by atoms with Gasteiger partial charge in [0.05, 0.1) is 12.0 Å². The van der Waals surface area contributed by atoms with Gasteiger partial charge in [0, 0.05) is 12.6 Å². The Morgan fingerprint density at radius 3 is 2.54 bits per heavy atom. The van der Waals surface area contributed by atoms with E-state index in [9.17, 15) is 22.8 Å². The van der Waals surface area contributed by atoms with Gasteiger partial charge in [0.15, 0.2) is 23.6 Å². The molecule has 1 unspecified atom stereocenters. The second-order valence-electron chi connectivity index (χ2n) is 6.26. The van der Waals surface area contributed by atoms with E-state index in [-0.39, 0.29) is 18.5 Å². The molecule has 1 aromatic heterocycles. The quantitative estimate of drug-likeness (QED) is 0.504. The van der Waals surface area contributed by atoms with Crippen LogP contribution in [0.5, 0.6) is 5.75 Å². The Balaban J connectivity index is 1.97. The van der Waals surface area contributed by atoms with E-state index in [0.29, 0.717) is 0 Å². The van der Waals surface area contributed by atoms with Crippen molar-refractivity contribution in [3.8, 4) is 5.75 Å². The minimum absolute atomic E-state index is 0.00817. The normalized spacial score (nSPS) is 14.9. The highest BCUT2D eigenvalue weighted by atomic mass is 19.2. The van der Waals surface area contributed by atoms with Crippen LogP contribution in [0.4, 0.5) is 13.2 Å². The van der Waals surface area contributed by atoms with E-state index < -0.39 is 51.8 Å². The maximum atomic E-state index is 14.5. The Labute approximate surface area is 156 Å².